The van der Waals surface area contributed by atoms with Crippen molar-refractivity contribution in [2.75, 3.05) is 10.6 Å². The van der Waals surface area contributed by atoms with E-state index in [1.54, 1.807) is 6.07 Å². The van der Waals surface area contributed by atoms with Gasteiger partial charge in [0.15, 0.2) is 0 Å². The van der Waals surface area contributed by atoms with E-state index in [9.17, 15) is 4.79 Å². The molecule has 14 heavy (non-hydrogen) atoms. The number of amides is 1. The lowest BCUT2D eigenvalue weighted by Crippen LogP contribution is -2.13. The Hall–Kier alpha value is 0.420. The lowest BCUT2D eigenvalue weighted by molar-refractivity contribution is -0.113. The number of hydrogen-bond donors (Lipinski definition) is 1. The maximum Gasteiger partial charge on any atom is 0.235 e. The van der Waals surface area contributed by atoms with Crippen LogP contribution in [0.3, 0.4) is 0 Å². The van der Waals surface area contributed by atoms with Gasteiger partial charge in [-0.15, -0.1) is 0 Å². The number of halogens is 4. The van der Waals surface area contributed by atoms with E-state index in [1.165, 1.54) is 0 Å². The molecule has 0 atom stereocenters. The van der Waals surface area contributed by atoms with E-state index < -0.39 is 0 Å². The summed E-state index contributed by atoms with van der Waals surface area (Å²) in [6.45, 7) is 0. The van der Waals surface area contributed by atoms with Crippen molar-refractivity contribution in [2.24, 2.45) is 0 Å². The van der Waals surface area contributed by atoms with Gasteiger partial charge in [-0.25, -0.2) is 0 Å². The van der Waals surface area contributed by atoms with Crippen molar-refractivity contribution in [3.05, 3.63) is 26.1 Å². The molecular formula is C8H5Br3ClNO. The molecule has 0 aromatic heterocycles. The predicted molar refractivity (Wildman–Crippen MR) is 69.3 cm³/mol. The summed E-state index contributed by atoms with van der Waals surface area (Å²) in [5.74, 6) is -0.144. The first-order valence-corrected chi connectivity index (χ1v) is 6.63. The third-order valence-electron chi connectivity index (χ3n) is 1.39. The van der Waals surface area contributed by atoms with E-state index in [1.807, 2.05) is 6.07 Å². The van der Waals surface area contributed by atoms with Crippen LogP contribution in [0.25, 0.3) is 0 Å². The standard InChI is InChI=1S/C8H5Br3ClNO/c9-3-7(14)13-8-5(11)1-4(10)2-6(8)12/h1-2H,3H2,(H,13,14). The highest BCUT2D eigenvalue weighted by Crippen LogP contribution is 2.33. The van der Waals surface area contributed by atoms with E-state index in [0.29, 0.717) is 10.7 Å². The van der Waals surface area contributed by atoms with E-state index in [2.05, 4.69) is 53.1 Å². The SMILES string of the molecule is O=C(CBr)Nc1c(Cl)cc(Br)cc1Br. The third-order valence-corrected chi connectivity index (χ3v) is 3.28. The van der Waals surface area contributed by atoms with E-state index >= 15 is 0 Å². The Balaban J connectivity index is 3.02. The van der Waals surface area contributed by atoms with Gasteiger partial charge in [0.25, 0.3) is 0 Å². The van der Waals surface area contributed by atoms with Crippen molar-refractivity contribution in [3.63, 3.8) is 0 Å². The van der Waals surface area contributed by atoms with Crippen molar-refractivity contribution >= 4 is 71.0 Å². The number of benzene rings is 1. The fourth-order valence-corrected chi connectivity index (χ4v) is 2.81. The summed E-state index contributed by atoms with van der Waals surface area (Å²) >= 11 is 15.6. The van der Waals surface area contributed by atoms with Gasteiger partial charge in [-0.3, -0.25) is 4.79 Å². The summed E-state index contributed by atoms with van der Waals surface area (Å²) in [4.78, 5) is 11.1. The molecule has 6 heteroatoms. The molecule has 0 saturated heterocycles. The number of alkyl halides is 1. The molecule has 0 heterocycles. The lowest BCUT2D eigenvalue weighted by Gasteiger charge is -2.08. The first kappa shape index (κ1) is 12.5. The lowest BCUT2D eigenvalue weighted by atomic mass is 10.3. The Labute approximate surface area is 112 Å². The second kappa shape index (κ2) is 5.49. The monoisotopic (exact) mass is 403 g/mol. The van der Waals surface area contributed by atoms with E-state index in [4.69, 9.17) is 11.6 Å². The largest absolute Gasteiger partial charge is 0.323 e. The zero-order valence-corrected chi connectivity index (χ0v) is 12.3. The van der Waals surface area contributed by atoms with Gasteiger partial charge in [0, 0.05) is 8.95 Å². The van der Waals surface area contributed by atoms with Crippen molar-refractivity contribution in [1.82, 2.24) is 0 Å². The summed E-state index contributed by atoms with van der Waals surface area (Å²) in [6.07, 6.45) is 0. The first-order valence-electron chi connectivity index (χ1n) is 3.55. The van der Waals surface area contributed by atoms with Crippen LogP contribution in [0.1, 0.15) is 0 Å². The topological polar surface area (TPSA) is 29.1 Å². The Morgan fingerprint density at radius 2 is 2.07 bits per heavy atom. The van der Waals surface area contributed by atoms with Crippen LogP contribution in [-0.4, -0.2) is 11.2 Å². The molecule has 1 rings (SSSR count). The zero-order valence-electron chi connectivity index (χ0n) is 6.78. The van der Waals surface area contributed by atoms with E-state index in [-0.39, 0.29) is 11.2 Å². The molecule has 1 amide bonds. The molecular weight excluding hydrogens is 401 g/mol. The number of carbonyl (C=O) groups excluding carboxylic acids is 1. The molecule has 0 aliphatic heterocycles. The van der Waals surface area contributed by atoms with Crippen LogP contribution < -0.4 is 5.32 Å². The predicted octanol–water partition coefficient (Wildman–Crippen LogP) is 4.20. The van der Waals surface area contributed by atoms with E-state index in [0.717, 1.165) is 8.95 Å². The summed E-state index contributed by atoms with van der Waals surface area (Å²) in [6, 6.07) is 3.53. The quantitative estimate of drug-likeness (QED) is 0.733. The minimum atomic E-state index is -0.144. The van der Waals surface area contributed by atoms with Crippen molar-refractivity contribution < 1.29 is 4.79 Å². The molecule has 0 spiro atoms. The molecule has 0 saturated carbocycles. The average Bonchev–Trinajstić information content (AvgIpc) is 2.10. The van der Waals surface area contributed by atoms with Crippen LogP contribution >= 0.6 is 59.4 Å². The number of anilines is 1. The number of carbonyl (C=O) groups is 1. The van der Waals surface area contributed by atoms with Crippen LogP contribution in [0.4, 0.5) is 5.69 Å². The summed E-state index contributed by atoms with van der Waals surface area (Å²) in [5, 5.41) is 3.40. The molecule has 0 fully saturated rings. The maximum absolute atomic E-state index is 11.1. The van der Waals surface area contributed by atoms with Crippen LogP contribution in [0.2, 0.25) is 5.02 Å². The van der Waals surface area contributed by atoms with Gasteiger partial charge in [-0.05, 0) is 28.1 Å². The van der Waals surface area contributed by atoms with Gasteiger partial charge >= 0.3 is 0 Å². The van der Waals surface area contributed by atoms with Gasteiger partial charge in [-0.1, -0.05) is 43.5 Å². The smallest absolute Gasteiger partial charge is 0.235 e. The Morgan fingerprint density at radius 3 is 2.57 bits per heavy atom. The first-order chi connectivity index (χ1) is 6.54. The van der Waals surface area contributed by atoms with Crippen molar-refractivity contribution in [2.45, 2.75) is 0 Å². The fourth-order valence-electron chi connectivity index (χ4n) is 0.834. The fraction of sp³-hybridized carbons (Fsp3) is 0.125. The highest BCUT2D eigenvalue weighted by Gasteiger charge is 2.09. The number of rotatable bonds is 2. The summed E-state index contributed by atoms with van der Waals surface area (Å²) < 4.78 is 1.59. The Morgan fingerprint density at radius 1 is 1.43 bits per heavy atom. The second-order valence-electron chi connectivity index (χ2n) is 2.43. The van der Waals surface area contributed by atoms with Crippen LogP contribution in [-0.2, 0) is 4.79 Å². The Kier molecular flexibility index (Phi) is 4.90. The summed E-state index contributed by atoms with van der Waals surface area (Å²) in [5.41, 5.74) is 0.583. The highest BCUT2D eigenvalue weighted by molar-refractivity contribution is 9.11. The van der Waals surface area contributed by atoms with Gasteiger partial charge in [0.2, 0.25) is 5.91 Å². The molecule has 1 N–H and O–H groups in total. The molecule has 1 aromatic carbocycles. The molecule has 0 aliphatic rings. The normalized spacial score (nSPS) is 10.0. The molecule has 0 bridgehead atoms. The number of nitrogens with one attached hydrogen (secondary N) is 1. The van der Waals surface area contributed by atoms with Gasteiger partial charge < -0.3 is 5.32 Å². The van der Waals surface area contributed by atoms with Crippen molar-refractivity contribution in [1.29, 1.82) is 0 Å². The molecule has 0 aliphatic carbocycles. The molecule has 76 valence electrons. The van der Waals surface area contributed by atoms with Gasteiger partial charge in [-0.2, -0.15) is 0 Å². The average molecular weight is 406 g/mol. The van der Waals surface area contributed by atoms with Crippen LogP contribution in [0.5, 0.6) is 0 Å². The molecule has 0 unspecified atom stereocenters. The van der Waals surface area contributed by atoms with Gasteiger partial charge in [0.05, 0.1) is 16.0 Å². The zero-order chi connectivity index (χ0) is 10.7. The minimum Gasteiger partial charge on any atom is -0.323 e. The van der Waals surface area contributed by atoms with Crippen LogP contribution in [0.15, 0.2) is 21.1 Å². The maximum atomic E-state index is 11.1. The minimum absolute atomic E-state index is 0.144. The Bertz CT molecular complexity index is 347. The van der Waals surface area contributed by atoms with Crippen LogP contribution in [0, 0.1) is 0 Å². The second-order valence-corrected chi connectivity index (χ2v) is 5.16. The number of hydrogen-bond acceptors (Lipinski definition) is 1. The summed E-state index contributed by atoms with van der Waals surface area (Å²) in [7, 11) is 0. The molecule has 0 radical (unpaired) electrons. The molecule has 2 nitrogen and oxygen atoms in total. The third kappa shape index (κ3) is 3.22. The molecule has 1 aromatic rings. The highest BCUT2D eigenvalue weighted by atomic mass is 79.9. The van der Waals surface area contributed by atoms with Gasteiger partial charge in [0.1, 0.15) is 0 Å². The van der Waals surface area contributed by atoms with Crippen molar-refractivity contribution in [3.8, 4) is 0 Å².